The van der Waals surface area contributed by atoms with E-state index in [0.717, 1.165) is 6.42 Å². The third-order valence-corrected chi connectivity index (χ3v) is 2.32. The third kappa shape index (κ3) is 5.87. The number of amides is 1. The minimum absolute atomic E-state index is 0.168. The van der Waals surface area contributed by atoms with Gasteiger partial charge in [0.25, 0.3) is 0 Å². The molecule has 20 heavy (non-hydrogen) atoms. The van der Waals surface area contributed by atoms with Crippen molar-refractivity contribution in [2.75, 3.05) is 11.9 Å². The Kier molecular flexibility index (Phi) is 5.75. The van der Waals surface area contributed by atoms with Gasteiger partial charge in [0.1, 0.15) is 0 Å². The number of ether oxygens (including phenoxy) is 1. The molecule has 1 heterocycles. The number of rotatable bonds is 6. The van der Waals surface area contributed by atoms with E-state index >= 15 is 0 Å². The van der Waals surface area contributed by atoms with Gasteiger partial charge in [0.05, 0.1) is 17.9 Å². The second-order valence-electron chi connectivity index (χ2n) is 4.17. The van der Waals surface area contributed by atoms with E-state index in [9.17, 15) is 18.0 Å². The van der Waals surface area contributed by atoms with Gasteiger partial charge in [-0.15, -0.1) is 0 Å². The Morgan fingerprint density at radius 2 is 2.20 bits per heavy atom. The fourth-order valence-corrected chi connectivity index (χ4v) is 1.37. The van der Waals surface area contributed by atoms with E-state index in [4.69, 9.17) is 5.73 Å². The minimum atomic E-state index is -4.42. The van der Waals surface area contributed by atoms with E-state index in [1.165, 1.54) is 18.3 Å². The number of carbonyl (C=O) groups excluding carboxylic acids is 1. The van der Waals surface area contributed by atoms with Crippen LogP contribution in [0.25, 0.3) is 0 Å². The topological polar surface area (TPSA) is 77.2 Å². The molecule has 0 radical (unpaired) electrons. The normalized spacial score (nSPS) is 12.8. The summed E-state index contributed by atoms with van der Waals surface area (Å²) in [4.78, 5) is 15.3. The van der Waals surface area contributed by atoms with Crippen molar-refractivity contribution in [2.24, 2.45) is 5.73 Å². The molecule has 0 aliphatic rings. The maximum atomic E-state index is 11.9. The summed E-state index contributed by atoms with van der Waals surface area (Å²) in [6.45, 7) is 0.495. The lowest BCUT2D eigenvalue weighted by Crippen LogP contribution is -2.35. The molecular formula is C12H16F3N3O2. The highest BCUT2D eigenvalue weighted by molar-refractivity contribution is 5.94. The standard InChI is InChI=1S/C12H16F3N3O2/c1-2-3-9(16)11(19)18-8-4-5-10(17-6-8)20-7-12(13,14)15/h4-6,9H,2-3,7,16H2,1H3,(H,18,19)/t9-/m0/s1. The number of hydrogen-bond donors (Lipinski definition) is 2. The van der Waals surface area contributed by atoms with Gasteiger partial charge >= 0.3 is 6.18 Å². The summed E-state index contributed by atoms with van der Waals surface area (Å²) >= 11 is 0. The predicted molar refractivity (Wildman–Crippen MR) is 67.3 cm³/mol. The summed E-state index contributed by atoms with van der Waals surface area (Å²) in [5.41, 5.74) is 5.97. The van der Waals surface area contributed by atoms with E-state index in [1.54, 1.807) is 0 Å². The molecule has 3 N–H and O–H groups in total. The first kappa shape index (κ1) is 16.2. The van der Waals surface area contributed by atoms with E-state index in [2.05, 4.69) is 15.0 Å². The van der Waals surface area contributed by atoms with Gasteiger partial charge in [0.2, 0.25) is 11.8 Å². The van der Waals surface area contributed by atoms with Crippen molar-refractivity contribution in [3.05, 3.63) is 18.3 Å². The summed E-state index contributed by atoms with van der Waals surface area (Å²) in [7, 11) is 0. The van der Waals surface area contributed by atoms with Crippen molar-refractivity contribution in [3.63, 3.8) is 0 Å². The largest absolute Gasteiger partial charge is 0.468 e. The van der Waals surface area contributed by atoms with Crippen LogP contribution in [0.4, 0.5) is 18.9 Å². The van der Waals surface area contributed by atoms with Crippen LogP contribution in [0.3, 0.4) is 0 Å². The molecule has 1 amide bonds. The quantitative estimate of drug-likeness (QED) is 0.841. The van der Waals surface area contributed by atoms with E-state index in [1.807, 2.05) is 6.92 Å². The van der Waals surface area contributed by atoms with Crippen LogP contribution in [0.2, 0.25) is 0 Å². The number of halogens is 3. The number of nitrogens with two attached hydrogens (primary N) is 1. The van der Waals surface area contributed by atoms with Crippen LogP contribution in [-0.2, 0) is 4.79 Å². The molecule has 1 rings (SSSR count). The van der Waals surface area contributed by atoms with Gasteiger partial charge in [-0.3, -0.25) is 4.79 Å². The zero-order chi connectivity index (χ0) is 15.2. The van der Waals surface area contributed by atoms with Gasteiger partial charge in [0, 0.05) is 6.07 Å². The minimum Gasteiger partial charge on any atom is -0.468 e. The van der Waals surface area contributed by atoms with Crippen molar-refractivity contribution in [3.8, 4) is 5.88 Å². The van der Waals surface area contributed by atoms with Crippen LogP contribution in [0.15, 0.2) is 18.3 Å². The van der Waals surface area contributed by atoms with Crippen molar-refractivity contribution in [1.29, 1.82) is 0 Å². The molecule has 0 saturated carbocycles. The number of aromatic nitrogens is 1. The molecule has 0 aromatic carbocycles. The first-order chi connectivity index (χ1) is 9.31. The molecule has 1 aromatic rings. The van der Waals surface area contributed by atoms with Gasteiger partial charge in [-0.25, -0.2) is 4.98 Å². The Labute approximate surface area is 114 Å². The predicted octanol–water partition coefficient (Wildman–Crippen LogP) is 2.09. The number of anilines is 1. The van der Waals surface area contributed by atoms with Crippen LogP contribution in [0.5, 0.6) is 5.88 Å². The lowest BCUT2D eigenvalue weighted by atomic mass is 10.1. The molecule has 0 spiro atoms. The Morgan fingerprint density at radius 1 is 1.50 bits per heavy atom. The summed E-state index contributed by atoms with van der Waals surface area (Å²) in [5.74, 6) is -0.532. The molecule has 1 aromatic heterocycles. The number of hydrogen-bond acceptors (Lipinski definition) is 4. The Bertz CT molecular complexity index is 435. The van der Waals surface area contributed by atoms with Gasteiger partial charge in [-0.2, -0.15) is 13.2 Å². The summed E-state index contributed by atoms with van der Waals surface area (Å²) < 4.78 is 40.2. The lowest BCUT2D eigenvalue weighted by molar-refractivity contribution is -0.154. The fraction of sp³-hybridized carbons (Fsp3) is 0.500. The van der Waals surface area contributed by atoms with Crippen molar-refractivity contribution in [2.45, 2.75) is 32.0 Å². The highest BCUT2D eigenvalue weighted by atomic mass is 19.4. The highest BCUT2D eigenvalue weighted by Gasteiger charge is 2.28. The molecule has 0 fully saturated rings. The first-order valence-electron chi connectivity index (χ1n) is 6.04. The molecule has 0 unspecified atom stereocenters. The highest BCUT2D eigenvalue weighted by Crippen LogP contribution is 2.18. The van der Waals surface area contributed by atoms with Crippen LogP contribution < -0.4 is 15.8 Å². The van der Waals surface area contributed by atoms with E-state index in [0.29, 0.717) is 12.1 Å². The molecule has 0 aliphatic carbocycles. The molecular weight excluding hydrogens is 275 g/mol. The Morgan fingerprint density at radius 3 is 2.70 bits per heavy atom. The van der Waals surface area contributed by atoms with Gasteiger partial charge in [0.15, 0.2) is 6.61 Å². The molecule has 0 bridgehead atoms. The van der Waals surface area contributed by atoms with Gasteiger partial charge < -0.3 is 15.8 Å². The summed E-state index contributed by atoms with van der Waals surface area (Å²) in [5, 5.41) is 2.52. The monoisotopic (exact) mass is 291 g/mol. The third-order valence-electron chi connectivity index (χ3n) is 2.32. The molecule has 1 atom stereocenters. The number of pyridine rings is 1. The fourth-order valence-electron chi connectivity index (χ4n) is 1.37. The Balaban J connectivity index is 2.52. The SMILES string of the molecule is CCC[C@H](N)C(=O)Nc1ccc(OCC(F)(F)F)nc1. The maximum Gasteiger partial charge on any atom is 0.422 e. The second-order valence-corrected chi connectivity index (χ2v) is 4.17. The average molecular weight is 291 g/mol. The van der Waals surface area contributed by atoms with Crippen molar-refractivity contribution in [1.82, 2.24) is 4.98 Å². The van der Waals surface area contributed by atoms with E-state index in [-0.39, 0.29) is 11.8 Å². The van der Waals surface area contributed by atoms with Gasteiger partial charge in [-0.1, -0.05) is 13.3 Å². The van der Waals surface area contributed by atoms with E-state index < -0.39 is 18.8 Å². The second kappa shape index (κ2) is 7.09. The number of carbonyl (C=O) groups is 1. The average Bonchev–Trinajstić information content (AvgIpc) is 2.37. The van der Waals surface area contributed by atoms with Crippen LogP contribution in [0, 0.1) is 0 Å². The molecule has 112 valence electrons. The first-order valence-corrected chi connectivity index (χ1v) is 6.04. The lowest BCUT2D eigenvalue weighted by Gasteiger charge is -2.11. The summed E-state index contributed by atoms with van der Waals surface area (Å²) in [6, 6.07) is 2.02. The number of nitrogens with zero attached hydrogens (tertiary/aromatic N) is 1. The summed E-state index contributed by atoms with van der Waals surface area (Å²) in [6.07, 6.45) is -1.88. The van der Waals surface area contributed by atoms with Crippen LogP contribution >= 0.6 is 0 Å². The maximum absolute atomic E-state index is 11.9. The zero-order valence-electron chi connectivity index (χ0n) is 10.9. The number of alkyl halides is 3. The molecule has 8 heteroatoms. The Hall–Kier alpha value is -1.83. The van der Waals surface area contributed by atoms with Crippen molar-refractivity contribution < 1.29 is 22.7 Å². The van der Waals surface area contributed by atoms with Crippen LogP contribution in [-0.4, -0.2) is 29.7 Å². The number of nitrogens with one attached hydrogen (secondary N) is 1. The van der Waals surface area contributed by atoms with Crippen LogP contribution in [0.1, 0.15) is 19.8 Å². The van der Waals surface area contributed by atoms with Crippen molar-refractivity contribution >= 4 is 11.6 Å². The smallest absolute Gasteiger partial charge is 0.422 e. The molecule has 5 nitrogen and oxygen atoms in total. The molecule has 0 saturated heterocycles. The molecule has 0 aliphatic heterocycles. The van der Waals surface area contributed by atoms with Gasteiger partial charge in [-0.05, 0) is 12.5 Å². The zero-order valence-corrected chi connectivity index (χ0v) is 10.9.